The van der Waals surface area contributed by atoms with Crippen molar-refractivity contribution < 1.29 is 4.79 Å². The summed E-state index contributed by atoms with van der Waals surface area (Å²) in [6.07, 6.45) is 0. The number of carbonyl (C=O) groups is 1. The molecular formula is C12H16BrNOS. The minimum atomic E-state index is -0.155. The molecule has 0 aliphatic heterocycles. The number of hydrogen-bond acceptors (Lipinski definition) is 2. The van der Waals surface area contributed by atoms with Gasteiger partial charge < -0.3 is 5.32 Å². The smallest absolute Gasteiger partial charge is 0.230 e. The standard InChI is InChI=1S/C12H16BrNOS/c1-12(2,3)14-11(15)8-16-10-6-4-9(13)5-7-10/h4-7H,8H2,1-3H3,(H,14,15). The first kappa shape index (κ1) is 13.6. The van der Waals surface area contributed by atoms with Crippen molar-refractivity contribution in [3.8, 4) is 0 Å². The summed E-state index contributed by atoms with van der Waals surface area (Å²) < 4.78 is 1.05. The molecule has 0 fully saturated rings. The normalized spacial score (nSPS) is 11.2. The maximum absolute atomic E-state index is 11.6. The van der Waals surface area contributed by atoms with Crippen LogP contribution in [0.2, 0.25) is 0 Å². The lowest BCUT2D eigenvalue weighted by Gasteiger charge is -2.20. The molecule has 88 valence electrons. The molecule has 0 aliphatic rings. The molecule has 0 radical (unpaired) electrons. The second kappa shape index (κ2) is 5.73. The van der Waals surface area contributed by atoms with E-state index in [1.54, 1.807) is 11.8 Å². The minimum Gasteiger partial charge on any atom is -0.351 e. The van der Waals surface area contributed by atoms with Crippen molar-refractivity contribution in [3.05, 3.63) is 28.7 Å². The number of rotatable bonds is 3. The highest BCUT2D eigenvalue weighted by Gasteiger charge is 2.13. The van der Waals surface area contributed by atoms with Crippen LogP contribution in [0.15, 0.2) is 33.6 Å². The first-order chi connectivity index (χ1) is 7.37. The summed E-state index contributed by atoms with van der Waals surface area (Å²) >= 11 is 4.92. The summed E-state index contributed by atoms with van der Waals surface area (Å²) in [6, 6.07) is 7.95. The monoisotopic (exact) mass is 301 g/mol. The molecule has 0 heterocycles. The number of amides is 1. The maximum atomic E-state index is 11.6. The third-order valence-electron chi connectivity index (χ3n) is 1.70. The van der Waals surface area contributed by atoms with Gasteiger partial charge in [-0.05, 0) is 45.0 Å². The molecular weight excluding hydrogens is 286 g/mol. The van der Waals surface area contributed by atoms with Crippen LogP contribution in [-0.2, 0) is 4.79 Å². The Kier molecular flexibility index (Phi) is 4.87. The van der Waals surface area contributed by atoms with Gasteiger partial charge in [-0.1, -0.05) is 15.9 Å². The molecule has 16 heavy (non-hydrogen) atoms. The Morgan fingerprint density at radius 2 is 1.88 bits per heavy atom. The predicted molar refractivity (Wildman–Crippen MR) is 72.8 cm³/mol. The van der Waals surface area contributed by atoms with Gasteiger partial charge in [-0.2, -0.15) is 0 Å². The molecule has 0 unspecified atom stereocenters. The fraction of sp³-hybridized carbons (Fsp3) is 0.417. The number of nitrogens with one attached hydrogen (secondary N) is 1. The van der Waals surface area contributed by atoms with Gasteiger partial charge in [0.15, 0.2) is 0 Å². The van der Waals surface area contributed by atoms with Gasteiger partial charge in [-0.3, -0.25) is 4.79 Å². The van der Waals surface area contributed by atoms with Gasteiger partial charge in [0.1, 0.15) is 0 Å². The molecule has 4 heteroatoms. The van der Waals surface area contributed by atoms with Crippen LogP contribution in [0.3, 0.4) is 0 Å². The highest BCUT2D eigenvalue weighted by Crippen LogP contribution is 2.20. The molecule has 0 saturated heterocycles. The van der Waals surface area contributed by atoms with Crippen LogP contribution < -0.4 is 5.32 Å². The molecule has 1 rings (SSSR count). The molecule has 1 aromatic carbocycles. The van der Waals surface area contributed by atoms with E-state index >= 15 is 0 Å². The summed E-state index contributed by atoms with van der Waals surface area (Å²) in [5, 5.41) is 2.93. The van der Waals surface area contributed by atoms with Crippen molar-refractivity contribution in [2.24, 2.45) is 0 Å². The predicted octanol–water partition coefficient (Wildman–Crippen LogP) is 3.46. The molecule has 1 aromatic rings. The van der Waals surface area contributed by atoms with Crippen molar-refractivity contribution in [1.82, 2.24) is 5.32 Å². The Morgan fingerprint density at radius 3 is 2.38 bits per heavy atom. The zero-order valence-corrected chi connectivity index (χ0v) is 12.1. The van der Waals surface area contributed by atoms with E-state index in [1.165, 1.54) is 0 Å². The van der Waals surface area contributed by atoms with Gasteiger partial charge in [-0.15, -0.1) is 11.8 Å². The van der Waals surface area contributed by atoms with Crippen LogP contribution in [0, 0.1) is 0 Å². The molecule has 0 aromatic heterocycles. The molecule has 2 nitrogen and oxygen atoms in total. The lowest BCUT2D eigenvalue weighted by Crippen LogP contribution is -2.41. The van der Waals surface area contributed by atoms with Crippen molar-refractivity contribution >= 4 is 33.6 Å². The van der Waals surface area contributed by atoms with E-state index in [0.29, 0.717) is 5.75 Å². The third-order valence-corrected chi connectivity index (χ3v) is 3.24. The average molecular weight is 302 g/mol. The number of benzene rings is 1. The molecule has 0 bridgehead atoms. The average Bonchev–Trinajstić information content (AvgIpc) is 2.14. The van der Waals surface area contributed by atoms with Crippen LogP contribution in [0.1, 0.15) is 20.8 Å². The van der Waals surface area contributed by atoms with E-state index in [0.717, 1.165) is 9.37 Å². The van der Waals surface area contributed by atoms with Crippen LogP contribution in [-0.4, -0.2) is 17.2 Å². The Bertz CT molecular complexity index is 356. The molecule has 0 atom stereocenters. The summed E-state index contributed by atoms with van der Waals surface area (Å²) in [5.74, 6) is 0.527. The van der Waals surface area contributed by atoms with E-state index in [-0.39, 0.29) is 11.4 Å². The van der Waals surface area contributed by atoms with E-state index in [4.69, 9.17) is 0 Å². The molecule has 0 aliphatic carbocycles. The fourth-order valence-electron chi connectivity index (χ4n) is 1.13. The van der Waals surface area contributed by atoms with E-state index in [2.05, 4.69) is 21.2 Å². The Morgan fingerprint density at radius 1 is 1.31 bits per heavy atom. The first-order valence-corrected chi connectivity index (χ1v) is 6.84. The van der Waals surface area contributed by atoms with E-state index in [9.17, 15) is 4.79 Å². The van der Waals surface area contributed by atoms with E-state index in [1.807, 2.05) is 45.0 Å². The van der Waals surface area contributed by atoms with Crippen molar-refractivity contribution in [2.75, 3.05) is 5.75 Å². The summed E-state index contributed by atoms with van der Waals surface area (Å²) in [4.78, 5) is 12.7. The van der Waals surface area contributed by atoms with Gasteiger partial charge in [-0.25, -0.2) is 0 Å². The van der Waals surface area contributed by atoms with Crippen molar-refractivity contribution in [3.63, 3.8) is 0 Å². The lowest BCUT2D eigenvalue weighted by atomic mass is 10.1. The Labute approximate surface area is 109 Å². The molecule has 1 N–H and O–H groups in total. The topological polar surface area (TPSA) is 29.1 Å². The zero-order valence-electron chi connectivity index (χ0n) is 9.71. The highest BCUT2D eigenvalue weighted by molar-refractivity contribution is 9.10. The first-order valence-electron chi connectivity index (χ1n) is 5.06. The second-order valence-electron chi connectivity index (χ2n) is 4.54. The number of thioether (sulfide) groups is 1. The number of halogens is 1. The van der Waals surface area contributed by atoms with Gasteiger partial charge in [0, 0.05) is 14.9 Å². The quantitative estimate of drug-likeness (QED) is 0.866. The van der Waals surface area contributed by atoms with Crippen molar-refractivity contribution in [1.29, 1.82) is 0 Å². The van der Waals surface area contributed by atoms with Crippen LogP contribution >= 0.6 is 27.7 Å². The molecule has 1 amide bonds. The van der Waals surface area contributed by atoms with E-state index < -0.39 is 0 Å². The van der Waals surface area contributed by atoms with Crippen LogP contribution in [0.25, 0.3) is 0 Å². The fourth-order valence-corrected chi connectivity index (χ4v) is 2.10. The summed E-state index contributed by atoms with van der Waals surface area (Å²) in [5.41, 5.74) is -0.155. The SMILES string of the molecule is CC(C)(C)NC(=O)CSc1ccc(Br)cc1. The lowest BCUT2D eigenvalue weighted by molar-refractivity contribution is -0.119. The van der Waals surface area contributed by atoms with Crippen LogP contribution in [0.5, 0.6) is 0 Å². The molecule has 0 spiro atoms. The molecule has 0 saturated carbocycles. The largest absolute Gasteiger partial charge is 0.351 e. The maximum Gasteiger partial charge on any atom is 0.230 e. The third kappa shape index (κ3) is 5.56. The Balaban J connectivity index is 2.40. The van der Waals surface area contributed by atoms with Gasteiger partial charge in [0.2, 0.25) is 5.91 Å². The highest BCUT2D eigenvalue weighted by atomic mass is 79.9. The van der Waals surface area contributed by atoms with Gasteiger partial charge in [0.25, 0.3) is 0 Å². The van der Waals surface area contributed by atoms with Crippen LogP contribution in [0.4, 0.5) is 0 Å². The van der Waals surface area contributed by atoms with Crippen molar-refractivity contribution in [2.45, 2.75) is 31.2 Å². The number of hydrogen-bond donors (Lipinski definition) is 1. The number of carbonyl (C=O) groups excluding carboxylic acids is 1. The minimum absolute atomic E-state index is 0.0698. The second-order valence-corrected chi connectivity index (χ2v) is 6.51. The summed E-state index contributed by atoms with van der Waals surface area (Å²) in [7, 11) is 0. The zero-order chi connectivity index (χ0) is 12.2. The van der Waals surface area contributed by atoms with Gasteiger partial charge in [0.05, 0.1) is 5.75 Å². The van der Waals surface area contributed by atoms with Gasteiger partial charge >= 0.3 is 0 Å². The Hall–Kier alpha value is -0.480. The summed E-state index contributed by atoms with van der Waals surface area (Å²) in [6.45, 7) is 5.94.